The summed E-state index contributed by atoms with van der Waals surface area (Å²) >= 11 is 1.03. The number of rotatable bonds is 5. The molecule has 1 N–H and O–H groups in total. The zero-order valence-corrected chi connectivity index (χ0v) is 16.5. The minimum absolute atomic E-state index is 0.242. The molecule has 1 saturated heterocycles. The first-order valence-electron chi connectivity index (χ1n) is 9.01. The Bertz CT molecular complexity index is 849. The zero-order valence-electron chi connectivity index (χ0n) is 14.9. The van der Waals surface area contributed by atoms with Crippen LogP contribution in [0.1, 0.15) is 47.8 Å². The Labute approximate surface area is 159 Å². The molecule has 7 heteroatoms. The van der Waals surface area contributed by atoms with E-state index in [0.29, 0.717) is 23.7 Å². The lowest BCUT2D eigenvalue weighted by molar-refractivity contribution is 0.103. The summed E-state index contributed by atoms with van der Waals surface area (Å²) in [6.45, 7) is 3.20. The van der Waals surface area contributed by atoms with Crippen molar-refractivity contribution in [2.24, 2.45) is 0 Å². The number of carbonyl (C=O) groups is 1. The summed E-state index contributed by atoms with van der Waals surface area (Å²) in [5.74, 6) is -0.281. The van der Waals surface area contributed by atoms with E-state index in [9.17, 15) is 13.2 Å². The number of amides is 1. The second kappa shape index (κ2) is 8.33. The van der Waals surface area contributed by atoms with Crippen molar-refractivity contribution in [2.75, 3.05) is 18.4 Å². The van der Waals surface area contributed by atoms with Crippen LogP contribution in [-0.2, 0) is 16.4 Å². The second-order valence-electron chi connectivity index (χ2n) is 6.44. The number of nitrogens with zero attached hydrogens (tertiary/aromatic N) is 1. The Morgan fingerprint density at radius 3 is 2.31 bits per heavy atom. The van der Waals surface area contributed by atoms with Gasteiger partial charge in [0.25, 0.3) is 15.9 Å². The number of nitrogens with one attached hydrogen (secondary N) is 1. The van der Waals surface area contributed by atoms with Gasteiger partial charge in [-0.1, -0.05) is 31.9 Å². The summed E-state index contributed by atoms with van der Waals surface area (Å²) in [6.07, 6.45) is 4.87. The molecule has 2 aromatic rings. The molecule has 0 spiro atoms. The molecule has 5 nitrogen and oxygen atoms in total. The van der Waals surface area contributed by atoms with Crippen LogP contribution in [0.25, 0.3) is 0 Å². The molecule has 1 aliphatic heterocycles. The van der Waals surface area contributed by atoms with E-state index >= 15 is 0 Å². The molecule has 1 aliphatic rings. The summed E-state index contributed by atoms with van der Waals surface area (Å²) < 4.78 is 27.4. The number of benzene rings is 1. The van der Waals surface area contributed by atoms with Gasteiger partial charge in [0.2, 0.25) is 0 Å². The van der Waals surface area contributed by atoms with E-state index in [1.165, 1.54) is 5.56 Å². The maximum absolute atomic E-state index is 12.8. The molecule has 1 amide bonds. The van der Waals surface area contributed by atoms with Crippen LogP contribution in [0, 0.1) is 0 Å². The Kier molecular flexibility index (Phi) is 6.11. The third-order valence-corrected chi connectivity index (χ3v) is 8.03. The Morgan fingerprint density at radius 1 is 1.04 bits per heavy atom. The molecule has 3 rings (SSSR count). The zero-order chi connectivity index (χ0) is 18.6. The molecule has 1 aromatic heterocycles. The van der Waals surface area contributed by atoms with Crippen molar-refractivity contribution in [3.63, 3.8) is 0 Å². The molecule has 2 heterocycles. The van der Waals surface area contributed by atoms with Crippen LogP contribution in [0.3, 0.4) is 0 Å². The molecule has 140 valence electrons. The van der Waals surface area contributed by atoms with Crippen molar-refractivity contribution >= 4 is 33.0 Å². The first-order valence-corrected chi connectivity index (χ1v) is 11.3. The third kappa shape index (κ3) is 4.34. The van der Waals surface area contributed by atoms with E-state index in [2.05, 4.69) is 12.2 Å². The normalized spacial score (nSPS) is 16.2. The lowest BCUT2D eigenvalue weighted by Gasteiger charge is -2.18. The average molecular weight is 393 g/mol. The second-order valence-corrected chi connectivity index (χ2v) is 9.69. The van der Waals surface area contributed by atoms with Crippen LogP contribution in [0.5, 0.6) is 0 Å². The summed E-state index contributed by atoms with van der Waals surface area (Å²) in [5, 5.41) is 2.83. The average Bonchev–Trinajstić information content (AvgIpc) is 2.99. The maximum atomic E-state index is 12.8. The molecular formula is C19H24N2O3S2. The van der Waals surface area contributed by atoms with Crippen LogP contribution in [0.2, 0.25) is 0 Å². The van der Waals surface area contributed by atoms with Gasteiger partial charge in [-0.05, 0) is 49.1 Å². The molecule has 1 fully saturated rings. The van der Waals surface area contributed by atoms with E-state index < -0.39 is 10.0 Å². The fourth-order valence-electron chi connectivity index (χ4n) is 3.01. The number of thiophene rings is 1. The highest BCUT2D eigenvalue weighted by molar-refractivity contribution is 7.91. The van der Waals surface area contributed by atoms with Crippen molar-refractivity contribution in [3.8, 4) is 0 Å². The molecule has 0 bridgehead atoms. The van der Waals surface area contributed by atoms with Crippen molar-refractivity contribution < 1.29 is 13.2 Å². The monoisotopic (exact) mass is 392 g/mol. The third-order valence-electron chi connectivity index (χ3n) is 4.58. The number of sulfonamides is 1. The van der Waals surface area contributed by atoms with E-state index in [-0.39, 0.29) is 10.1 Å². The van der Waals surface area contributed by atoms with Crippen molar-refractivity contribution in [1.82, 2.24) is 4.31 Å². The van der Waals surface area contributed by atoms with E-state index in [1.54, 1.807) is 16.4 Å². The van der Waals surface area contributed by atoms with Gasteiger partial charge in [-0.2, -0.15) is 4.31 Å². The fourth-order valence-corrected chi connectivity index (χ4v) is 5.88. The lowest BCUT2D eigenvalue weighted by atomic mass is 10.1. The maximum Gasteiger partial charge on any atom is 0.265 e. The van der Waals surface area contributed by atoms with Gasteiger partial charge in [0.1, 0.15) is 4.21 Å². The standard InChI is InChI=1S/C19H24N2O3S2/c1-2-15-7-9-16(10-8-15)20-19(22)17-11-12-18(25-17)26(23,24)21-13-5-3-4-6-14-21/h7-12H,2-6,13-14H2,1H3,(H,20,22). The van der Waals surface area contributed by atoms with Gasteiger partial charge >= 0.3 is 0 Å². The quantitative estimate of drug-likeness (QED) is 0.832. The van der Waals surface area contributed by atoms with Gasteiger partial charge in [-0.15, -0.1) is 11.3 Å². The van der Waals surface area contributed by atoms with Crippen LogP contribution in [0.15, 0.2) is 40.6 Å². The predicted molar refractivity (Wildman–Crippen MR) is 105 cm³/mol. The molecule has 0 atom stereocenters. The molecule has 0 radical (unpaired) electrons. The van der Waals surface area contributed by atoms with Crippen LogP contribution >= 0.6 is 11.3 Å². The van der Waals surface area contributed by atoms with Gasteiger partial charge in [0.15, 0.2) is 0 Å². The number of hydrogen-bond donors (Lipinski definition) is 1. The summed E-state index contributed by atoms with van der Waals surface area (Å²) in [6, 6.07) is 10.8. The summed E-state index contributed by atoms with van der Waals surface area (Å²) in [5.41, 5.74) is 1.91. The molecule has 1 aromatic carbocycles. The van der Waals surface area contributed by atoms with Crippen LogP contribution in [-0.4, -0.2) is 31.7 Å². The van der Waals surface area contributed by atoms with E-state index in [1.807, 2.05) is 24.3 Å². The topological polar surface area (TPSA) is 66.5 Å². The Morgan fingerprint density at radius 2 is 1.69 bits per heavy atom. The highest BCUT2D eigenvalue weighted by Gasteiger charge is 2.27. The minimum Gasteiger partial charge on any atom is -0.321 e. The van der Waals surface area contributed by atoms with Gasteiger partial charge in [-0.25, -0.2) is 8.42 Å². The number of anilines is 1. The van der Waals surface area contributed by atoms with Crippen molar-refractivity contribution in [3.05, 3.63) is 46.8 Å². The lowest BCUT2D eigenvalue weighted by Crippen LogP contribution is -2.31. The first kappa shape index (κ1) is 19.1. The van der Waals surface area contributed by atoms with Gasteiger partial charge in [0, 0.05) is 18.8 Å². The highest BCUT2D eigenvalue weighted by Crippen LogP contribution is 2.27. The molecular weight excluding hydrogens is 368 g/mol. The molecule has 26 heavy (non-hydrogen) atoms. The van der Waals surface area contributed by atoms with Crippen molar-refractivity contribution in [2.45, 2.75) is 43.2 Å². The Balaban J connectivity index is 1.72. The smallest absolute Gasteiger partial charge is 0.265 e. The summed E-state index contributed by atoms with van der Waals surface area (Å²) in [7, 11) is -3.51. The first-order chi connectivity index (χ1) is 12.5. The highest BCUT2D eigenvalue weighted by atomic mass is 32.2. The largest absolute Gasteiger partial charge is 0.321 e. The minimum atomic E-state index is -3.51. The number of aryl methyl sites for hydroxylation is 1. The van der Waals surface area contributed by atoms with E-state index in [4.69, 9.17) is 0 Å². The molecule has 0 aliphatic carbocycles. The van der Waals surface area contributed by atoms with Gasteiger partial charge in [-0.3, -0.25) is 4.79 Å². The number of hydrogen-bond acceptors (Lipinski definition) is 4. The SMILES string of the molecule is CCc1ccc(NC(=O)c2ccc(S(=O)(=O)N3CCCCCC3)s2)cc1. The van der Waals surface area contributed by atoms with Crippen molar-refractivity contribution in [1.29, 1.82) is 0 Å². The fraction of sp³-hybridized carbons (Fsp3) is 0.421. The van der Waals surface area contributed by atoms with Gasteiger partial charge < -0.3 is 5.32 Å². The van der Waals surface area contributed by atoms with E-state index in [0.717, 1.165) is 43.4 Å². The number of carbonyl (C=O) groups excluding carboxylic acids is 1. The Hall–Kier alpha value is -1.70. The van der Waals surface area contributed by atoms with Crippen LogP contribution < -0.4 is 5.32 Å². The van der Waals surface area contributed by atoms with Gasteiger partial charge in [0.05, 0.1) is 4.88 Å². The van der Waals surface area contributed by atoms with Crippen LogP contribution in [0.4, 0.5) is 5.69 Å². The predicted octanol–water partition coefficient (Wildman–Crippen LogP) is 4.13. The summed E-state index contributed by atoms with van der Waals surface area (Å²) in [4.78, 5) is 12.8. The molecule has 0 saturated carbocycles. The molecule has 0 unspecified atom stereocenters.